The van der Waals surface area contributed by atoms with E-state index in [1.165, 1.54) is 4.90 Å². The molecule has 0 bridgehead atoms. The number of halogens is 1. The number of hydrogen-bond donors (Lipinski definition) is 2. The Hall–Kier alpha value is -2.93. The normalized spacial score (nSPS) is 22.6. The van der Waals surface area contributed by atoms with E-state index in [4.69, 9.17) is 11.6 Å². The molecule has 2 aromatic carbocycles. The Morgan fingerprint density at radius 2 is 2.03 bits per heavy atom. The van der Waals surface area contributed by atoms with Crippen LogP contribution in [0.1, 0.15) is 30.0 Å². The third-order valence-corrected chi connectivity index (χ3v) is 7.04. The summed E-state index contributed by atoms with van der Waals surface area (Å²) in [6, 6.07) is 12.7. The first-order valence-corrected chi connectivity index (χ1v) is 11.8. The topological polar surface area (TPSA) is 81.1 Å². The van der Waals surface area contributed by atoms with Crippen LogP contribution in [0.25, 0.3) is 0 Å². The van der Waals surface area contributed by atoms with Crippen LogP contribution in [0.4, 0.5) is 5.69 Å². The van der Waals surface area contributed by atoms with Crippen LogP contribution < -0.4 is 4.90 Å². The summed E-state index contributed by atoms with van der Waals surface area (Å²) in [5, 5.41) is 21.8. The molecule has 0 aliphatic carbocycles. The molecule has 2 aliphatic rings. The fraction of sp³-hybridized carbons (Fsp3) is 0.333. The lowest BCUT2D eigenvalue weighted by Crippen LogP contribution is -2.46. The number of fused-ring (bicyclic) bond motifs is 2. The maximum atomic E-state index is 13.2. The van der Waals surface area contributed by atoms with Crippen molar-refractivity contribution in [3.05, 3.63) is 89.0 Å². The first kappa shape index (κ1) is 24.2. The van der Waals surface area contributed by atoms with Crippen LogP contribution in [0.5, 0.6) is 0 Å². The van der Waals surface area contributed by atoms with Gasteiger partial charge in [0.15, 0.2) is 5.60 Å². The lowest BCUT2D eigenvalue weighted by molar-refractivity contribution is -0.139. The van der Waals surface area contributed by atoms with Crippen LogP contribution in [0.3, 0.4) is 0 Å². The van der Waals surface area contributed by atoms with Crippen molar-refractivity contribution < 1.29 is 19.8 Å². The van der Waals surface area contributed by atoms with Gasteiger partial charge in [-0.1, -0.05) is 61.0 Å². The highest BCUT2D eigenvalue weighted by Gasteiger charge is 2.52. The summed E-state index contributed by atoms with van der Waals surface area (Å²) >= 11 is 6.17. The van der Waals surface area contributed by atoms with Gasteiger partial charge in [-0.15, -0.1) is 6.58 Å². The van der Waals surface area contributed by atoms with Crippen LogP contribution >= 0.6 is 11.6 Å². The van der Waals surface area contributed by atoms with Crippen LogP contribution in [0, 0.1) is 5.92 Å². The molecule has 2 amide bonds. The number of carbonyl (C=O) groups is 2. The second kappa shape index (κ2) is 9.74. The summed E-state index contributed by atoms with van der Waals surface area (Å²) in [5.41, 5.74) is 1.49. The van der Waals surface area contributed by atoms with Gasteiger partial charge in [-0.05, 0) is 35.7 Å². The second-order valence-electron chi connectivity index (χ2n) is 8.88. The number of benzene rings is 2. The van der Waals surface area contributed by atoms with Crippen molar-refractivity contribution in [1.82, 2.24) is 4.90 Å². The first-order valence-electron chi connectivity index (χ1n) is 11.4. The zero-order valence-electron chi connectivity index (χ0n) is 19.2. The fourth-order valence-electron chi connectivity index (χ4n) is 4.90. The molecule has 0 spiro atoms. The van der Waals surface area contributed by atoms with Crippen molar-refractivity contribution in [1.29, 1.82) is 0 Å². The average Bonchev–Trinajstić information content (AvgIpc) is 3.05. The number of nitrogens with zero attached hydrogens (tertiary/aromatic N) is 2. The molecule has 7 heteroatoms. The van der Waals surface area contributed by atoms with Gasteiger partial charge in [0.25, 0.3) is 5.91 Å². The van der Waals surface area contributed by atoms with Crippen molar-refractivity contribution in [2.24, 2.45) is 5.92 Å². The van der Waals surface area contributed by atoms with Gasteiger partial charge in [0, 0.05) is 36.0 Å². The third-order valence-electron chi connectivity index (χ3n) is 6.81. The maximum absolute atomic E-state index is 13.2. The standard InChI is InChI=1S/C27H29ClN2O4/c1-3-13-29-24-12-11-21(28)15-23(24)27(34,26(29)33)18(2)7-6-10-25(32)30-16-20-9-5-4-8-19(20)14-22(30)17-31/h3-9,11-12,15,18,22,31,34H,1,10,13-14,16-17H2,2H3/b7-6+/t18-,22+,27+/m1/s1. The van der Waals surface area contributed by atoms with Crippen molar-refractivity contribution in [2.75, 3.05) is 18.1 Å². The molecule has 2 aliphatic heterocycles. The Balaban J connectivity index is 1.51. The fourth-order valence-corrected chi connectivity index (χ4v) is 5.07. The Morgan fingerprint density at radius 3 is 2.74 bits per heavy atom. The van der Waals surface area contributed by atoms with E-state index in [-0.39, 0.29) is 31.5 Å². The van der Waals surface area contributed by atoms with Gasteiger partial charge in [0.2, 0.25) is 5.91 Å². The minimum atomic E-state index is -1.79. The number of amides is 2. The lowest BCUT2D eigenvalue weighted by Gasteiger charge is -2.36. The molecule has 34 heavy (non-hydrogen) atoms. The predicted molar refractivity (Wildman–Crippen MR) is 132 cm³/mol. The molecule has 2 N–H and O–H groups in total. The number of rotatable bonds is 7. The summed E-state index contributed by atoms with van der Waals surface area (Å²) in [6.45, 7) is 6.07. The van der Waals surface area contributed by atoms with Gasteiger partial charge < -0.3 is 20.0 Å². The summed E-state index contributed by atoms with van der Waals surface area (Å²) < 4.78 is 0. The molecule has 178 valence electrons. The highest BCUT2D eigenvalue weighted by atomic mass is 35.5. The largest absolute Gasteiger partial charge is 0.394 e. The van der Waals surface area contributed by atoms with Gasteiger partial charge in [-0.25, -0.2) is 0 Å². The van der Waals surface area contributed by atoms with E-state index in [0.717, 1.165) is 11.1 Å². The molecule has 2 heterocycles. The van der Waals surface area contributed by atoms with E-state index >= 15 is 0 Å². The summed E-state index contributed by atoms with van der Waals surface area (Å²) in [5.74, 6) is -1.16. The number of aliphatic hydroxyl groups is 2. The molecule has 4 rings (SSSR count). The number of hydrogen-bond acceptors (Lipinski definition) is 4. The molecule has 0 unspecified atom stereocenters. The molecule has 0 saturated carbocycles. The van der Waals surface area contributed by atoms with Gasteiger partial charge in [0.1, 0.15) is 0 Å². The van der Waals surface area contributed by atoms with Crippen LogP contribution in [0.2, 0.25) is 5.02 Å². The zero-order valence-corrected chi connectivity index (χ0v) is 19.9. The minimum Gasteiger partial charge on any atom is -0.394 e. The molecule has 0 saturated heterocycles. The average molecular weight is 481 g/mol. The highest BCUT2D eigenvalue weighted by molar-refractivity contribution is 6.31. The second-order valence-corrected chi connectivity index (χ2v) is 9.32. The Bertz CT molecular complexity index is 1150. The number of carbonyl (C=O) groups excluding carboxylic acids is 2. The Morgan fingerprint density at radius 1 is 1.29 bits per heavy atom. The zero-order chi connectivity index (χ0) is 24.5. The van der Waals surface area contributed by atoms with Crippen molar-refractivity contribution in [3.8, 4) is 0 Å². The van der Waals surface area contributed by atoms with E-state index in [2.05, 4.69) is 6.58 Å². The molecule has 0 fully saturated rings. The van der Waals surface area contributed by atoms with E-state index in [0.29, 0.717) is 29.2 Å². The van der Waals surface area contributed by atoms with Gasteiger partial charge in [-0.3, -0.25) is 9.59 Å². The SMILES string of the molecule is C=CCN1C(=O)[C@](O)([C@H](C)/C=C/CC(=O)N2Cc3ccccc3C[C@H]2CO)c2cc(Cl)ccc21. The van der Waals surface area contributed by atoms with E-state index < -0.39 is 17.4 Å². The summed E-state index contributed by atoms with van der Waals surface area (Å²) in [4.78, 5) is 29.4. The van der Waals surface area contributed by atoms with E-state index in [1.54, 1.807) is 48.3 Å². The van der Waals surface area contributed by atoms with Gasteiger partial charge >= 0.3 is 0 Å². The quantitative estimate of drug-likeness (QED) is 0.593. The summed E-state index contributed by atoms with van der Waals surface area (Å²) in [7, 11) is 0. The molecule has 0 aromatic heterocycles. The van der Waals surface area contributed by atoms with Crippen LogP contribution in [-0.4, -0.2) is 46.1 Å². The van der Waals surface area contributed by atoms with Crippen molar-refractivity contribution >= 4 is 29.1 Å². The van der Waals surface area contributed by atoms with Crippen molar-refractivity contribution in [2.45, 2.75) is 38.0 Å². The molecule has 0 radical (unpaired) electrons. The van der Waals surface area contributed by atoms with Crippen LogP contribution in [0.15, 0.2) is 67.3 Å². The lowest BCUT2D eigenvalue weighted by atomic mass is 9.83. The van der Waals surface area contributed by atoms with E-state index in [9.17, 15) is 19.8 Å². The van der Waals surface area contributed by atoms with Gasteiger partial charge in [-0.2, -0.15) is 0 Å². The third kappa shape index (κ3) is 4.17. The number of aliphatic hydroxyl groups excluding tert-OH is 1. The monoisotopic (exact) mass is 480 g/mol. The molecular formula is C27H29ClN2O4. The Labute approximate surface area is 204 Å². The maximum Gasteiger partial charge on any atom is 0.264 e. The molecule has 2 aromatic rings. The summed E-state index contributed by atoms with van der Waals surface area (Å²) in [6.07, 6.45) is 5.71. The smallest absolute Gasteiger partial charge is 0.264 e. The highest BCUT2D eigenvalue weighted by Crippen LogP contribution is 2.46. The van der Waals surface area contributed by atoms with Crippen molar-refractivity contribution in [3.63, 3.8) is 0 Å². The first-order chi connectivity index (χ1) is 16.3. The molecule has 6 nitrogen and oxygen atoms in total. The van der Waals surface area contributed by atoms with Crippen LogP contribution in [-0.2, 0) is 28.2 Å². The predicted octanol–water partition coefficient (Wildman–Crippen LogP) is 3.59. The number of anilines is 1. The Kier molecular flexibility index (Phi) is 6.94. The molecule has 3 atom stereocenters. The van der Waals surface area contributed by atoms with E-state index in [1.807, 2.05) is 24.3 Å². The molecular weight excluding hydrogens is 452 g/mol. The minimum absolute atomic E-state index is 0.103. The van der Waals surface area contributed by atoms with Gasteiger partial charge in [0.05, 0.1) is 18.3 Å².